The van der Waals surface area contributed by atoms with Crippen LogP contribution in [0, 0.1) is 0 Å². The highest BCUT2D eigenvalue weighted by molar-refractivity contribution is 9.10. The molecule has 0 spiro atoms. The van der Waals surface area contributed by atoms with Gasteiger partial charge in [-0.25, -0.2) is 4.79 Å². The molecule has 2 aromatic carbocycles. The van der Waals surface area contributed by atoms with E-state index in [1.54, 1.807) is 12.1 Å². The van der Waals surface area contributed by atoms with Gasteiger partial charge in [-0.2, -0.15) is 0 Å². The first-order valence-corrected chi connectivity index (χ1v) is 11.7. The number of methoxy groups -OCH3 is 1. The van der Waals surface area contributed by atoms with Crippen LogP contribution >= 0.6 is 15.9 Å². The van der Waals surface area contributed by atoms with Gasteiger partial charge in [0.15, 0.2) is 11.5 Å². The van der Waals surface area contributed by atoms with Crippen molar-refractivity contribution in [1.29, 1.82) is 0 Å². The molecular weight excluding hydrogens is 488 g/mol. The molecule has 33 heavy (non-hydrogen) atoms. The number of ether oxygens (including phenoxy) is 2. The fourth-order valence-electron chi connectivity index (χ4n) is 4.20. The first kappa shape index (κ1) is 23.0. The van der Waals surface area contributed by atoms with Crippen LogP contribution in [0.3, 0.4) is 0 Å². The Bertz CT molecular complexity index is 1090. The Kier molecular flexibility index (Phi) is 7.13. The van der Waals surface area contributed by atoms with Gasteiger partial charge in [-0.15, -0.1) is 0 Å². The summed E-state index contributed by atoms with van der Waals surface area (Å²) in [4.78, 5) is 39.2. The van der Waals surface area contributed by atoms with Crippen molar-refractivity contribution >= 4 is 39.9 Å². The maximum atomic E-state index is 13.1. The third-order valence-corrected chi connectivity index (χ3v) is 6.45. The monoisotopic (exact) mass is 512 g/mol. The molecule has 0 bridgehead atoms. The normalized spacial score (nSPS) is 18.4. The zero-order chi connectivity index (χ0) is 23.4. The number of urea groups is 1. The van der Waals surface area contributed by atoms with Crippen molar-refractivity contribution in [3.8, 4) is 11.5 Å². The minimum Gasteiger partial charge on any atom is -0.493 e. The average molecular weight is 513 g/mol. The van der Waals surface area contributed by atoms with Crippen LogP contribution in [0.25, 0.3) is 6.08 Å². The predicted octanol–water partition coefficient (Wildman–Crippen LogP) is 4.83. The lowest BCUT2D eigenvalue weighted by Crippen LogP contribution is -2.58. The fraction of sp³-hybridized carbons (Fsp3) is 0.320. The average Bonchev–Trinajstić information content (AvgIpc) is 2.82. The number of carbonyl (C=O) groups excluding carboxylic acids is 3. The quantitative estimate of drug-likeness (QED) is 0.442. The highest BCUT2D eigenvalue weighted by atomic mass is 79.9. The number of nitrogens with one attached hydrogen (secondary N) is 1. The van der Waals surface area contributed by atoms with E-state index >= 15 is 0 Å². The van der Waals surface area contributed by atoms with Crippen molar-refractivity contribution < 1.29 is 23.9 Å². The molecule has 172 valence electrons. The van der Waals surface area contributed by atoms with Gasteiger partial charge in [-0.05, 0) is 58.1 Å². The van der Waals surface area contributed by atoms with Crippen molar-refractivity contribution in [3.63, 3.8) is 0 Å². The molecule has 4 amide bonds. The number of hydrogen-bond acceptors (Lipinski definition) is 5. The summed E-state index contributed by atoms with van der Waals surface area (Å²) in [5.74, 6) is -0.287. The van der Waals surface area contributed by atoms with E-state index in [1.165, 1.54) is 18.1 Å². The van der Waals surface area contributed by atoms with Crippen molar-refractivity contribution in [2.45, 2.75) is 44.8 Å². The molecule has 1 saturated heterocycles. The van der Waals surface area contributed by atoms with Gasteiger partial charge in [-0.3, -0.25) is 19.8 Å². The van der Waals surface area contributed by atoms with Gasteiger partial charge >= 0.3 is 6.03 Å². The summed E-state index contributed by atoms with van der Waals surface area (Å²) >= 11 is 3.51. The third kappa shape index (κ3) is 5.11. The lowest BCUT2D eigenvalue weighted by molar-refractivity contribution is -0.132. The topological polar surface area (TPSA) is 84.9 Å². The molecule has 0 aromatic heterocycles. The van der Waals surface area contributed by atoms with Crippen LogP contribution < -0.4 is 14.8 Å². The molecule has 0 atom stereocenters. The second-order valence-corrected chi connectivity index (χ2v) is 8.95. The maximum Gasteiger partial charge on any atom is 0.331 e. The van der Waals surface area contributed by atoms with E-state index in [-0.39, 0.29) is 11.6 Å². The van der Waals surface area contributed by atoms with Crippen molar-refractivity contribution in [1.82, 2.24) is 10.2 Å². The zero-order valence-corrected chi connectivity index (χ0v) is 19.9. The molecule has 4 rings (SSSR count). The molecule has 2 fully saturated rings. The summed E-state index contributed by atoms with van der Waals surface area (Å²) < 4.78 is 12.1. The number of nitrogens with zero attached hydrogens (tertiary/aromatic N) is 1. The largest absolute Gasteiger partial charge is 0.493 e. The minimum absolute atomic E-state index is 0.0768. The number of hydrogen-bond donors (Lipinski definition) is 1. The van der Waals surface area contributed by atoms with Gasteiger partial charge in [-0.1, -0.05) is 49.6 Å². The minimum atomic E-state index is -0.698. The highest BCUT2D eigenvalue weighted by Crippen LogP contribution is 2.38. The number of carbonyl (C=O) groups is 3. The fourth-order valence-corrected chi connectivity index (χ4v) is 4.78. The van der Waals surface area contributed by atoms with Crippen LogP contribution in [-0.4, -0.2) is 35.9 Å². The second-order valence-electron chi connectivity index (χ2n) is 8.09. The van der Waals surface area contributed by atoms with Crippen LogP contribution in [0.5, 0.6) is 11.5 Å². The van der Waals surface area contributed by atoms with E-state index in [2.05, 4.69) is 21.2 Å². The molecule has 7 nitrogen and oxygen atoms in total. The van der Waals surface area contributed by atoms with Crippen LogP contribution in [0.4, 0.5) is 4.79 Å². The number of halogens is 1. The standard InChI is InChI=1S/C25H25BrN2O5/c1-32-21-14-17(13-20(26)22(21)33-15-16-8-4-2-5-9-16)12-19-23(29)27-25(31)28(24(19)30)18-10-6-3-7-11-18/h2,4-5,8-9,12-14,18H,3,6-7,10-11,15H2,1H3,(H,27,29,31)/b19-12-. The molecule has 1 saturated carbocycles. The van der Waals surface area contributed by atoms with Crippen molar-refractivity contribution in [2.24, 2.45) is 0 Å². The lowest BCUT2D eigenvalue weighted by atomic mass is 9.93. The number of benzene rings is 2. The Labute approximate surface area is 200 Å². The van der Waals surface area contributed by atoms with E-state index in [0.29, 0.717) is 28.1 Å². The summed E-state index contributed by atoms with van der Waals surface area (Å²) in [6, 6.07) is 12.4. The van der Waals surface area contributed by atoms with E-state index < -0.39 is 17.8 Å². The Hall–Kier alpha value is -3.13. The van der Waals surface area contributed by atoms with E-state index in [9.17, 15) is 14.4 Å². The number of barbiturate groups is 1. The summed E-state index contributed by atoms with van der Waals surface area (Å²) in [5.41, 5.74) is 1.50. The summed E-state index contributed by atoms with van der Waals surface area (Å²) in [6.07, 6.45) is 6.01. The van der Waals surface area contributed by atoms with E-state index in [0.717, 1.165) is 37.7 Å². The third-order valence-electron chi connectivity index (χ3n) is 5.86. The van der Waals surface area contributed by atoms with Crippen LogP contribution in [0.1, 0.15) is 43.2 Å². The van der Waals surface area contributed by atoms with Crippen LogP contribution in [0.2, 0.25) is 0 Å². The number of imide groups is 2. The molecule has 1 N–H and O–H groups in total. The lowest BCUT2D eigenvalue weighted by Gasteiger charge is -2.35. The molecule has 8 heteroatoms. The predicted molar refractivity (Wildman–Crippen MR) is 127 cm³/mol. The van der Waals surface area contributed by atoms with E-state index in [1.807, 2.05) is 30.3 Å². The molecule has 1 aliphatic heterocycles. The number of rotatable bonds is 6. The Morgan fingerprint density at radius 2 is 1.82 bits per heavy atom. The smallest absolute Gasteiger partial charge is 0.331 e. The van der Waals surface area contributed by atoms with Crippen molar-refractivity contribution in [2.75, 3.05) is 7.11 Å². The van der Waals surface area contributed by atoms with Gasteiger partial charge in [0.25, 0.3) is 11.8 Å². The summed E-state index contributed by atoms with van der Waals surface area (Å²) in [5, 5.41) is 2.31. The number of amides is 4. The molecule has 0 radical (unpaired) electrons. The molecule has 0 unspecified atom stereocenters. The molecule has 1 heterocycles. The maximum absolute atomic E-state index is 13.1. The first-order valence-electron chi connectivity index (χ1n) is 10.9. The van der Waals surface area contributed by atoms with Gasteiger partial charge in [0, 0.05) is 6.04 Å². The Balaban J connectivity index is 1.60. The molecule has 1 aliphatic carbocycles. The zero-order valence-electron chi connectivity index (χ0n) is 18.3. The van der Waals surface area contributed by atoms with Gasteiger partial charge in [0.1, 0.15) is 12.2 Å². The molecule has 2 aliphatic rings. The van der Waals surface area contributed by atoms with Crippen LogP contribution in [-0.2, 0) is 16.2 Å². The van der Waals surface area contributed by atoms with Gasteiger partial charge < -0.3 is 9.47 Å². The second kappa shape index (κ2) is 10.2. The Morgan fingerprint density at radius 3 is 2.52 bits per heavy atom. The summed E-state index contributed by atoms with van der Waals surface area (Å²) in [6.45, 7) is 0.357. The van der Waals surface area contributed by atoms with Crippen LogP contribution in [0.15, 0.2) is 52.5 Å². The first-order chi connectivity index (χ1) is 16.0. The Morgan fingerprint density at radius 1 is 1.09 bits per heavy atom. The molecular formula is C25H25BrN2O5. The SMILES string of the molecule is COc1cc(/C=C2/C(=O)NC(=O)N(C3CCCCC3)C2=O)cc(Br)c1OCc1ccccc1. The van der Waals surface area contributed by atoms with E-state index in [4.69, 9.17) is 9.47 Å². The summed E-state index contributed by atoms with van der Waals surface area (Å²) in [7, 11) is 1.52. The van der Waals surface area contributed by atoms with Gasteiger partial charge in [0.2, 0.25) is 0 Å². The highest BCUT2D eigenvalue weighted by Gasteiger charge is 2.40. The van der Waals surface area contributed by atoms with Gasteiger partial charge in [0.05, 0.1) is 11.6 Å². The molecule has 2 aromatic rings. The van der Waals surface area contributed by atoms with Crippen molar-refractivity contribution in [3.05, 3.63) is 63.6 Å².